The molecule has 1 aliphatic heterocycles. The Labute approximate surface area is 99.6 Å². The van der Waals surface area contributed by atoms with Crippen molar-refractivity contribution in [3.8, 4) is 0 Å². The molecule has 1 aromatic rings. The first-order valence-corrected chi connectivity index (χ1v) is 5.93. The van der Waals surface area contributed by atoms with Crippen molar-refractivity contribution in [2.75, 3.05) is 18.0 Å². The Bertz CT molecular complexity index is 480. The largest absolute Gasteiger partial charge is 0.343 e. The van der Waals surface area contributed by atoms with Crippen LogP contribution in [0.1, 0.15) is 23.2 Å². The number of fused-ring (bicyclic) bond motifs is 1. The molecule has 0 aromatic heterocycles. The maximum atomic E-state index is 12.0. The third-order valence-corrected chi connectivity index (χ3v) is 3.28. The summed E-state index contributed by atoms with van der Waals surface area (Å²) in [7, 11) is 0. The van der Waals surface area contributed by atoms with Crippen molar-refractivity contribution in [3.05, 3.63) is 29.8 Å². The number of rotatable bonds is 2. The first-order chi connectivity index (χ1) is 8.25. The second-order valence-corrected chi connectivity index (χ2v) is 4.65. The Morgan fingerprint density at radius 1 is 1.24 bits per heavy atom. The van der Waals surface area contributed by atoms with Crippen LogP contribution in [0, 0.1) is 5.92 Å². The quantitative estimate of drug-likeness (QED) is 0.829. The Morgan fingerprint density at radius 3 is 2.76 bits per heavy atom. The molecule has 1 aromatic carbocycles. The summed E-state index contributed by atoms with van der Waals surface area (Å²) < 4.78 is 0. The second kappa shape index (κ2) is 3.87. The number of amides is 2. The summed E-state index contributed by atoms with van der Waals surface area (Å²) in [6, 6.07) is 7.30. The number of anilines is 1. The highest BCUT2D eigenvalue weighted by molar-refractivity contribution is 6.09. The van der Waals surface area contributed by atoms with E-state index in [9.17, 15) is 9.59 Å². The third-order valence-electron chi connectivity index (χ3n) is 3.28. The van der Waals surface area contributed by atoms with Crippen molar-refractivity contribution in [1.82, 2.24) is 5.32 Å². The normalized spacial score (nSPS) is 19.6. The first kappa shape index (κ1) is 10.3. The van der Waals surface area contributed by atoms with Crippen LogP contribution < -0.4 is 10.2 Å². The van der Waals surface area contributed by atoms with E-state index in [1.54, 1.807) is 11.0 Å². The van der Waals surface area contributed by atoms with Gasteiger partial charge in [0.05, 0.1) is 17.8 Å². The van der Waals surface area contributed by atoms with E-state index in [2.05, 4.69) is 5.32 Å². The number of hydrogen-bond acceptors (Lipinski definition) is 2. The molecule has 2 aliphatic rings. The molecule has 3 rings (SSSR count). The summed E-state index contributed by atoms with van der Waals surface area (Å²) in [6.07, 6.45) is 2.38. The van der Waals surface area contributed by atoms with Crippen LogP contribution in [0.15, 0.2) is 24.3 Å². The fourth-order valence-corrected chi connectivity index (χ4v) is 2.14. The standard InChI is InChI=1S/C13H14N2O2/c16-12-7-14-13(17)10-3-1-2-4-11(10)15(12)8-9-5-6-9/h1-4,9H,5-8H2,(H,14,17). The molecule has 4 nitrogen and oxygen atoms in total. The van der Waals surface area contributed by atoms with E-state index in [1.807, 2.05) is 18.2 Å². The highest BCUT2D eigenvalue weighted by Crippen LogP contribution is 2.33. The molecule has 1 aliphatic carbocycles. The van der Waals surface area contributed by atoms with E-state index in [4.69, 9.17) is 0 Å². The molecule has 1 fully saturated rings. The minimum absolute atomic E-state index is 0.0183. The van der Waals surface area contributed by atoms with Crippen molar-refractivity contribution in [3.63, 3.8) is 0 Å². The van der Waals surface area contributed by atoms with Gasteiger partial charge in [-0.25, -0.2) is 0 Å². The van der Waals surface area contributed by atoms with Crippen LogP contribution in [-0.4, -0.2) is 24.9 Å². The van der Waals surface area contributed by atoms with Crippen molar-refractivity contribution in [2.24, 2.45) is 5.92 Å². The van der Waals surface area contributed by atoms with Crippen LogP contribution in [0.3, 0.4) is 0 Å². The third kappa shape index (κ3) is 1.90. The molecule has 1 saturated carbocycles. The molecule has 0 radical (unpaired) electrons. The summed E-state index contributed by atoms with van der Waals surface area (Å²) in [5.74, 6) is 0.433. The van der Waals surface area contributed by atoms with E-state index < -0.39 is 0 Å². The zero-order valence-electron chi connectivity index (χ0n) is 9.48. The molecule has 0 bridgehead atoms. The molecule has 17 heavy (non-hydrogen) atoms. The summed E-state index contributed by atoms with van der Waals surface area (Å²) in [5.41, 5.74) is 1.35. The van der Waals surface area contributed by atoms with E-state index >= 15 is 0 Å². The highest BCUT2D eigenvalue weighted by atomic mass is 16.2. The van der Waals surface area contributed by atoms with Crippen molar-refractivity contribution < 1.29 is 9.59 Å². The lowest BCUT2D eigenvalue weighted by molar-refractivity contribution is -0.117. The van der Waals surface area contributed by atoms with Crippen LogP contribution in [0.4, 0.5) is 5.69 Å². The van der Waals surface area contributed by atoms with E-state index in [0.29, 0.717) is 11.5 Å². The Morgan fingerprint density at radius 2 is 2.00 bits per heavy atom. The molecule has 1 heterocycles. The van der Waals surface area contributed by atoms with Gasteiger partial charge in [-0.3, -0.25) is 9.59 Å². The number of nitrogens with one attached hydrogen (secondary N) is 1. The number of hydrogen-bond donors (Lipinski definition) is 1. The fraction of sp³-hybridized carbons (Fsp3) is 0.385. The van der Waals surface area contributed by atoms with E-state index in [-0.39, 0.29) is 18.4 Å². The number of carbonyl (C=O) groups excluding carboxylic acids is 2. The van der Waals surface area contributed by atoms with E-state index in [0.717, 1.165) is 12.2 Å². The molecule has 1 N–H and O–H groups in total. The molecule has 0 atom stereocenters. The van der Waals surface area contributed by atoms with Gasteiger partial charge in [-0.2, -0.15) is 0 Å². The van der Waals surface area contributed by atoms with Crippen molar-refractivity contribution in [1.29, 1.82) is 0 Å². The minimum Gasteiger partial charge on any atom is -0.343 e. The van der Waals surface area contributed by atoms with Crippen molar-refractivity contribution in [2.45, 2.75) is 12.8 Å². The first-order valence-electron chi connectivity index (χ1n) is 5.93. The van der Waals surface area contributed by atoms with Gasteiger partial charge in [0.2, 0.25) is 5.91 Å². The maximum absolute atomic E-state index is 12.0. The predicted octanol–water partition coefficient (Wildman–Crippen LogP) is 1.17. The van der Waals surface area contributed by atoms with Crippen LogP contribution in [0.25, 0.3) is 0 Å². The van der Waals surface area contributed by atoms with Crippen LogP contribution >= 0.6 is 0 Å². The minimum atomic E-state index is -0.160. The lowest BCUT2D eigenvalue weighted by Gasteiger charge is -2.21. The Balaban J connectivity index is 2.01. The van der Waals surface area contributed by atoms with E-state index in [1.165, 1.54) is 12.8 Å². The van der Waals surface area contributed by atoms with Gasteiger partial charge in [-0.1, -0.05) is 12.1 Å². The Hall–Kier alpha value is -1.84. The zero-order chi connectivity index (χ0) is 11.8. The molecule has 0 saturated heterocycles. The fourth-order valence-electron chi connectivity index (χ4n) is 2.14. The second-order valence-electron chi connectivity index (χ2n) is 4.65. The van der Waals surface area contributed by atoms with Gasteiger partial charge >= 0.3 is 0 Å². The van der Waals surface area contributed by atoms with Gasteiger partial charge in [0.15, 0.2) is 0 Å². The average Bonchev–Trinajstić information content (AvgIpc) is 3.16. The summed E-state index contributed by atoms with van der Waals surface area (Å²) in [5, 5.41) is 2.64. The van der Waals surface area contributed by atoms with Gasteiger partial charge < -0.3 is 10.2 Å². The molecule has 88 valence electrons. The molecular weight excluding hydrogens is 216 g/mol. The number of para-hydroxylation sites is 1. The smallest absolute Gasteiger partial charge is 0.253 e. The van der Waals surface area contributed by atoms with Crippen molar-refractivity contribution >= 4 is 17.5 Å². The SMILES string of the molecule is O=C1NCC(=O)N(CC2CC2)c2ccccc21. The molecule has 0 spiro atoms. The van der Waals surface area contributed by atoms with Gasteiger partial charge in [0.1, 0.15) is 0 Å². The molecule has 0 unspecified atom stereocenters. The molecule has 2 amide bonds. The molecular formula is C13H14N2O2. The van der Waals surface area contributed by atoms with Gasteiger partial charge in [0.25, 0.3) is 5.91 Å². The average molecular weight is 230 g/mol. The maximum Gasteiger partial charge on any atom is 0.253 e. The summed E-state index contributed by atoms with van der Waals surface area (Å²) >= 11 is 0. The summed E-state index contributed by atoms with van der Waals surface area (Å²) in [4.78, 5) is 25.6. The topological polar surface area (TPSA) is 49.4 Å². The van der Waals surface area contributed by atoms with Crippen LogP contribution in [-0.2, 0) is 4.79 Å². The highest BCUT2D eigenvalue weighted by Gasteiger charge is 2.31. The van der Waals surface area contributed by atoms with Gasteiger partial charge in [-0.15, -0.1) is 0 Å². The number of nitrogens with zero attached hydrogens (tertiary/aromatic N) is 1. The molecule has 4 heteroatoms. The van der Waals surface area contributed by atoms with Gasteiger partial charge in [0, 0.05) is 6.54 Å². The lowest BCUT2D eigenvalue weighted by atomic mass is 10.1. The summed E-state index contributed by atoms with van der Waals surface area (Å²) in [6.45, 7) is 0.838. The van der Waals surface area contributed by atoms with Crippen LogP contribution in [0.5, 0.6) is 0 Å². The Kier molecular flexibility index (Phi) is 2.35. The number of benzene rings is 1. The predicted molar refractivity (Wildman–Crippen MR) is 63.9 cm³/mol. The number of carbonyl (C=O) groups is 2. The monoisotopic (exact) mass is 230 g/mol. The van der Waals surface area contributed by atoms with Crippen LogP contribution in [0.2, 0.25) is 0 Å². The van der Waals surface area contributed by atoms with Gasteiger partial charge in [-0.05, 0) is 30.9 Å². The lowest BCUT2D eigenvalue weighted by Crippen LogP contribution is -2.37. The zero-order valence-corrected chi connectivity index (χ0v) is 9.48.